The summed E-state index contributed by atoms with van der Waals surface area (Å²) in [4.78, 5) is 22.7. The molecule has 0 saturated carbocycles. The van der Waals surface area contributed by atoms with E-state index in [1.165, 1.54) is 6.07 Å². The Morgan fingerprint density at radius 3 is 2.11 bits per heavy atom. The molecule has 0 bridgehead atoms. The zero-order valence-electron chi connectivity index (χ0n) is 9.60. The van der Waals surface area contributed by atoms with Crippen LogP contribution in [0.25, 0.3) is 0 Å². The Morgan fingerprint density at radius 1 is 0.842 bits per heavy atom. The number of carbonyl (C=O) groups is 2. The highest BCUT2D eigenvalue weighted by atomic mass is 35.5. The second-order valence-electron chi connectivity index (χ2n) is 3.64. The van der Waals surface area contributed by atoms with Crippen LogP contribution in [0.1, 0.15) is 20.7 Å². The van der Waals surface area contributed by atoms with Crippen molar-refractivity contribution in [2.75, 3.05) is 0 Å². The summed E-state index contributed by atoms with van der Waals surface area (Å²) >= 11 is 10.9. The maximum atomic E-state index is 11.5. The normalized spacial score (nSPS) is 10.0. The molecule has 0 spiro atoms. The maximum absolute atomic E-state index is 11.5. The monoisotopic (exact) mass is 294 g/mol. The molecule has 0 aliphatic carbocycles. The van der Waals surface area contributed by atoms with Crippen molar-refractivity contribution < 1.29 is 14.3 Å². The first-order valence-electron chi connectivity index (χ1n) is 5.35. The molecule has 0 aliphatic rings. The molecule has 2 aromatic rings. The van der Waals surface area contributed by atoms with E-state index in [0.717, 1.165) is 0 Å². The molecule has 0 aromatic heterocycles. The molecule has 0 atom stereocenters. The van der Waals surface area contributed by atoms with Crippen LogP contribution >= 0.6 is 23.2 Å². The van der Waals surface area contributed by atoms with Gasteiger partial charge < -0.3 is 4.74 Å². The van der Waals surface area contributed by atoms with E-state index in [0.29, 0.717) is 5.75 Å². The summed E-state index contributed by atoms with van der Waals surface area (Å²) in [5.41, 5.74) is -0.0110. The second-order valence-corrected chi connectivity index (χ2v) is 4.33. The van der Waals surface area contributed by atoms with Gasteiger partial charge in [-0.05, 0) is 47.5 Å². The summed E-state index contributed by atoms with van der Waals surface area (Å²) in [5, 5.41) is -1.56. The van der Waals surface area contributed by atoms with Gasteiger partial charge in [0.05, 0.1) is 5.56 Å². The first-order valence-corrected chi connectivity index (χ1v) is 6.11. The molecule has 5 heteroatoms. The second kappa shape index (κ2) is 5.87. The number of carbonyl (C=O) groups excluding carboxylic acids is 2. The Balaban J connectivity index is 2.48. The molecule has 0 amide bonds. The number of rotatable bonds is 4. The molecule has 0 saturated heterocycles. The van der Waals surface area contributed by atoms with Crippen LogP contribution < -0.4 is 4.74 Å². The lowest BCUT2D eigenvalue weighted by molar-refractivity contribution is 0.105. The van der Waals surface area contributed by atoms with Crippen molar-refractivity contribution in [3.63, 3.8) is 0 Å². The predicted octanol–water partition coefficient (Wildman–Crippen LogP) is 4.24. The Bertz CT molecular complexity index is 624. The highest BCUT2D eigenvalue weighted by Gasteiger charge is 2.19. The molecular weight excluding hydrogens is 287 g/mol. The van der Waals surface area contributed by atoms with E-state index in [-0.39, 0.29) is 16.9 Å². The van der Waals surface area contributed by atoms with Crippen molar-refractivity contribution in [2.24, 2.45) is 0 Å². The van der Waals surface area contributed by atoms with E-state index < -0.39 is 10.5 Å². The fraction of sp³-hybridized carbons (Fsp3) is 0. The van der Waals surface area contributed by atoms with Gasteiger partial charge in [0.1, 0.15) is 11.5 Å². The number of benzene rings is 2. The summed E-state index contributed by atoms with van der Waals surface area (Å²) in [5.74, 6) is 0.721. The van der Waals surface area contributed by atoms with E-state index in [1.807, 2.05) is 6.07 Å². The lowest BCUT2D eigenvalue weighted by atomic mass is 10.1. The quantitative estimate of drug-likeness (QED) is 0.792. The average molecular weight is 295 g/mol. The van der Waals surface area contributed by atoms with E-state index in [1.54, 1.807) is 36.4 Å². The zero-order valence-corrected chi connectivity index (χ0v) is 11.1. The van der Waals surface area contributed by atoms with Crippen LogP contribution in [0.2, 0.25) is 0 Å². The fourth-order valence-electron chi connectivity index (χ4n) is 1.60. The number of hydrogen-bond acceptors (Lipinski definition) is 3. The average Bonchev–Trinajstić information content (AvgIpc) is 2.39. The van der Waals surface area contributed by atoms with Crippen LogP contribution in [0.15, 0.2) is 48.5 Å². The van der Waals surface area contributed by atoms with Crippen molar-refractivity contribution in [1.29, 1.82) is 0 Å². The van der Waals surface area contributed by atoms with E-state index >= 15 is 0 Å². The van der Waals surface area contributed by atoms with Crippen molar-refractivity contribution in [1.82, 2.24) is 0 Å². The van der Waals surface area contributed by atoms with Gasteiger partial charge in [-0.15, -0.1) is 0 Å². The Hall–Kier alpha value is -1.84. The molecular formula is C14H8Cl2O3. The lowest BCUT2D eigenvalue weighted by Crippen LogP contribution is -2.03. The van der Waals surface area contributed by atoms with Crippen LogP contribution in [-0.4, -0.2) is 10.5 Å². The molecule has 0 fully saturated rings. The van der Waals surface area contributed by atoms with Gasteiger partial charge in [0, 0.05) is 5.56 Å². The number of halogens is 2. The Labute approximate surface area is 119 Å². The third kappa shape index (κ3) is 3.13. The van der Waals surface area contributed by atoms with Crippen molar-refractivity contribution in [3.8, 4) is 11.5 Å². The van der Waals surface area contributed by atoms with Crippen LogP contribution in [0, 0.1) is 0 Å². The fourth-order valence-corrected chi connectivity index (χ4v) is 1.95. The molecule has 2 aromatic carbocycles. The maximum Gasteiger partial charge on any atom is 0.256 e. The molecule has 0 N–H and O–H groups in total. The summed E-state index contributed by atoms with van der Waals surface area (Å²) in [7, 11) is 0. The standard InChI is InChI=1S/C14H8Cl2O3/c15-13(17)10-7-4-8-11(12(10)14(16)18)19-9-5-2-1-3-6-9/h1-8H. The minimum Gasteiger partial charge on any atom is -0.457 e. The number of hydrogen-bond donors (Lipinski definition) is 0. The smallest absolute Gasteiger partial charge is 0.256 e. The molecule has 0 radical (unpaired) electrons. The van der Waals surface area contributed by atoms with Gasteiger partial charge in [-0.1, -0.05) is 24.3 Å². The van der Waals surface area contributed by atoms with Gasteiger partial charge in [-0.3, -0.25) is 9.59 Å². The van der Waals surface area contributed by atoms with Gasteiger partial charge in [-0.25, -0.2) is 0 Å². The molecule has 19 heavy (non-hydrogen) atoms. The number of para-hydroxylation sites is 1. The third-order valence-electron chi connectivity index (χ3n) is 2.41. The molecule has 0 aliphatic heterocycles. The molecule has 2 rings (SSSR count). The van der Waals surface area contributed by atoms with E-state index in [9.17, 15) is 9.59 Å². The van der Waals surface area contributed by atoms with Crippen LogP contribution in [-0.2, 0) is 0 Å². The molecule has 96 valence electrons. The van der Waals surface area contributed by atoms with Crippen molar-refractivity contribution in [2.45, 2.75) is 0 Å². The first kappa shape index (κ1) is 13.6. The summed E-state index contributed by atoms with van der Waals surface area (Å²) in [6, 6.07) is 13.4. The summed E-state index contributed by atoms with van der Waals surface area (Å²) in [6.45, 7) is 0. The highest BCUT2D eigenvalue weighted by Crippen LogP contribution is 2.29. The summed E-state index contributed by atoms with van der Waals surface area (Å²) < 4.78 is 5.55. The SMILES string of the molecule is O=C(Cl)c1cccc(Oc2ccccc2)c1C(=O)Cl. The van der Waals surface area contributed by atoms with Gasteiger partial charge in [0.25, 0.3) is 10.5 Å². The largest absolute Gasteiger partial charge is 0.457 e. The van der Waals surface area contributed by atoms with E-state index in [4.69, 9.17) is 27.9 Å². The van der Waals surface area contributed by atoms with Gasteiger partial charge in [0.15, 0.2) is 0 Å². The first-order chi connectivity index (χ1) is 9.09. The topological polar surface area (TPSA) is 43.4 Å². The third-order valence-corrected chi connectivity index (χ3v) is 2.80. The molecule has 3 nitrogen and oxygen atoms in total. The Morgan fingerprint density at radius 2 is 1.53 bits per heavy atom. The van der Waals surface area contributed by atoms with Crippen LogP contribution in [0.4, 0.5) is 0 Å². The Kier molecular flexibility index (Phi) is 4.20. The number of ether oxygens (including phenoxy) is 1. The summed E-state index contributed by atoms with van der Waals surface area (Å²) in [6.07, 6.45) is 0. The van der Waals surface area contributed by atoms with Gasteiger partial charge in [0.2, 0.25) is 0 Å². The van der Waals surface area contributed by atoms with Crippen molar-refractivity contribution in [3.05, 3.63) is 59.7 Å². The lowest BCUT2D eigenvalue weighted by Gasteiger charge is -2.10. The van der Waals surface area contributed by atoms with Gasteiger partial charge in [-0.2, -0.15) is 0 Å². The highest BCUT2D eigenvalue weighted by molar-refractivity contribution is 6.72. The van der Waals surface area contributed by atoms with Gasteiger partial charge >= 0.3 is 0 Å². The van der Waals surface area contributed by atoms with Crippen LogP contribution in [0.3, 0.4) is 0 Å². The zero-order chi connectivity index (χ0) is 13.8. The molecule has 0 unspecified atom stereocenters. The van der Waals surface area contributed by atoms with E-state index in [2.05, 4.69) is 0 Å². The van der Waals surface area contributed by atoms with Crippen molar-refractivity contribution >= 4 is 33.7 Å². The predicted molar refractivity (Wildman–Crippen MR) is 73.3 cm³/mol. The molecule has 0 heterocycles. The van der Waals surface area contributed by atoms with Crippen LogP contribution in [0.5, 0.6) is 11.5 Å². The minimum absolute atomic E-state index is 0.0232. The minimum atomic E-state index is -0.796.